The van der Waals surface area contributed by atoms with Gasteiger partial charge in [-0.15, -0.1) is 0 Å². The van der Waals surface area contributed by atoms with Crippen LogP contribution in [0.4, 0.5) is 0 Å². The average molecular weight is 374 g/mol. The van der Waals surface area contributed by atoms with Crippen LogP contribution in [-0.4, -0.2) is 47.8 Å². The van der Waals surface area contributed by atoms with Crippen LogP contribution in [0.15, 0.2) is 77.4 Å². The molecule has 0 aliphatic carbocycles. The van der Waals surface area contributed by atoms with Crippen molar-refractivity contribution in [2.75, 3.05) is 26.2 Å². The Balaban J connectivity index is 1.44. The van der Waals surface area contributed by atoms with Gasteiger partial charge in [0.2, 0.25) is 0 Å². The SMILES string of the molecule is O=C(c1ccco1)N1CCN(C(=O)c2ccccc2Cc2ccccc2)CC1. The molecule has 0 spiro atoms. The lowest BCUT2D eigenvalue weighted by Gasteiger charge is -2.34. The van der Waals surface area contributed by atoms with E-state index < -0.39 is 0 Å². The van der Waals surface area contributed by atoms with E-state index in [2.05, 4.69) is 12.1 Å². The molecule has 142 valence electrons. The van der Waals surface area contributed by atoms with Crippen molar-refractivity contribution in [2.45, 2.75) is 6.42 Å². The van der Waals surface area contributed by atoms with E-state index in [1.54, 1.807) is 17.0 Å². The van der Waals surface area contributed by atoms with Gasteiger partial charge in [0.25, 0.3) is 11.8 Å². The van der Waals surface area contributed by atoms with Crippen LogP contribution in [0.25, 0.3) is 0 Å². The smallest absolute Gasteiger partial charge is 0.289 e. The minimum absolute atomic E-state index is 0.0247. The first-order chi connectivity index (χ1) is 13.7. The molecule has 0 unspecified atom stereocenters. The number of furan rings is 1. The van der Waals surface area contributed by atoms with E-state index in [0.717, 1.165) is 17.5 Å². The molecule has 0 atom stereocenters. The van der Waals surface area contributed by atoms with Crippen molar-refractivity contribution in [3.8, 4) is 0 Å². The van der Waals surface area contributed by atoms with Gasteiger partial charge < -0.3 is 14.2 Å². The van der Waals surface area contributed by atoms with Gasteiger partial charge in [-0.2, -0.15) is 0 Å². The predicted octanol–water partition coefficient (Wildman–Crippen LogP) is 3.47. The Morgan fingerprint density at radius 1 is 0.750 bits per heavy atom. The van der Waals surface area contributed by atoms with E-state index in [9.17, 15) is 9.59 Å². The molecule has 1 aliphatic heterocycles. The number of nitrogens with zero attached hydrogens (tertiary/aromatic N) is 2. The van der Waals surface area contributed by atoms with Gasteiger partial charge in [-0.3, -0.25) is 9.59 Å². The molecule has 0 N–H and O–H groups in total. The van der Waals surface area contributed by atoms with Crippen molar-refractivity contribution < 1.29 is 14.0 Å². The van der Waals surface area contributed by atoms with Crippen molar-refractivity contribution >= 4 is 11.8 Å². The standard InChI is InChI=1S/C23H22N2O3/c26-22(20-10-5-4-9-19(20)17-18-7-2-1-3-8-18)24-12-14-25(15-13-24)23(27)21-11-6-16-28-21/h1-11,16H,12-15,17H2. The largest absolute Gasteiger partial charge is 0.459 e. The Kier molecular flexibility index (Phi) is 5.24. The molecule has 1 aromatic heterocycles. The fourth-order valence-corrected chi connectivity index (χ4v) is 3.54. The number of carbonyl (C=O) groups excluding carboxylic acids is 2. The molecule has 3 aromatic rings. The Morgan fingerprint density at radius 3 is 2.07 bits per heavy atom. The van der Waals surface area contributed by atoms with E-state index in [1.807, 2.05) is 47.4 Å². The minimum Gasteiger partial charge on any atom is -0.459 e. The number of piperazine rings is 1. The maximum Gasteiger partial charge on any atom is 0.289 e. The van der Waals surface area contributed by atoms with Crippen molar-refractivity contribution in [1.29, 1.82) is 0 Å². The maximum atomic E-state index is 13.1. The van der Waals surface area contributed by atoms with Crippen molar-refractivity contribution in [1.82, 2.24) is 9.80 Å². The Hall–Kier alpha value is -3.34. The Bertz CT molecular complexity index is 943. The zero-order chi connectivity index (χ0) is 19.3. The van der Waals surface area contributed by atoms with E-state index in [-0.39, 0.29) is 11.8 Å². The first-order valence-corrected chi connectivity index (χ1v) is 9.46. The van der Waals surface area contributed by atoms with Crippen LogP contribution < -0.4 is 0 Å². The Morgan fingerprint density at radius 2 is 1.39 bits per heavy atom. The molecule has 5 heteroatoms. The van der Waals surface area contributed by atoms with Crippen LogP contribution in [0.3, 0.4) is 0 Å². The molecule has 1 fully saturated rings. The highest BCUT2D eigenvalue weighted by atomic mass is 16.3. The van der Waals surface area contributed by atoms with Crippen LogP contribution in [0, 0.1) is 0 Å². The topological polar surface area (TPSA) is 53.8 Å². The molecule has 4 rings (SSSR count). The molecular weight excluding hydrogens is 352 g/mol. The monoisotopic (exact) mass is 374 g/mol. The van der Waals surface area contributed by atoms with E-state index >= 15 is 0 Å². The highest BCUT2D eigenvalue weighted by molar-refractivity contribution is 5.96. The van der Waals surface area contributed by atoms with Gasteiger partial charge in [0.05, 0.1) is 6.26 Å². The average Bonchev–Trinajstić information content (AvgIpc) is 3.29. The summed E-state index contributed by atoms with van der Waals surface area (Å²) >= 11 is 0. The fraction of sp³-hybridized carbons (Fsp3) is 0.217. The Labute approximate surface area is 164 Å². The number of hydrogen-bond donors (Lipinski definition) is 0. The van der Waals surface area contributed by atoms with Crippen LogP contribution in [0.1, 0.15) is 32.0 Å². The molecule has 28 heavy (non-hydrogen) atoms. The quantitative estimate of drug-likeness (QED) is 0.703. The summed E-state index contributed by atoms with van der Waals surface area (Å²) in [4.78, 5) is 29.1. The summed E-state index contributed by atoms with van der Waals surface area (Å²) in [6, 6.07) is 21.3. The second-order valence-electron chi connectivity index (χ2n) is 6.88. The molecule has 0 radical (unpaired) electrons. The molecular formula is C23H22N2O3. The lowest BCUT2D eigenvalue weighted by Crippen LogP contribution is -2.50. The molecule has 2 aromatic carbocycles. The summed E-state index contributed by atoms with van der Waals surface area (Å²) in [5, 5.41) is 0. The highest BCUT2D eigenvalue weighted by Crippen LogP contribution is 2.18. The zero-order valence-corrected chi connectivity index (χ0v) is 15.6. The lowest BCUT2D eigenvalue weighted by atomic mass is 9.99. The second-order valence-corrected chi connectivity index (χ2v) is 6.88. The van der Waals surface area contributed by atoms with Gasteiger partial charge >= 0.3 is 0 Å². The second kappa shape index (κ2) is 8.13. The molecule has 2 heterocycles. The number of rotatable bonds is 4. The van der Waals surface area contributed by atoms with Gasteiger partial charge in [-0.05, 0) is 35.7 Å². The molecule has 1 saturated heterocycles. The van der Waals surface area contributed by atoms with Crippen molar-refractivity contribution in [3.63, 3.8) is 0 Å². The van der Waals surface area contributed by atoms with Crippen molar-refractivity contribution in [2.24, 2.45) is 0 Å². The fourth-order valence-electron chi connectivity index (χ4n) is 3.54. The molecule has 1 aliphatic rings. The normalized spacial score (nSPS) is 14.1. The summed E-state index contributed by atoms with van der Waals surface area (Å²) in [5.74, 6) is 0.242. The van der Waals surface area contributed by atoms with Crippen LogP contribution in [-0.2, 0) is 6.42 Å². The number of carbonyl (C=O) groups is 2. The van der Waals surface area contributed by atoms with E-state index in [0.29, 0.717) is 31.9 Å². The summed E-state index contributed by atoms with van der Waals surface area (Å²) in [6.07, 6.45) is 2.22. The summed E-state index contributed by atoms with van der Waals surface area (Å²) in [6.45, 7) is 2.05. The van der Waals surface area contributed by atoms with Gasteiger partial charge in [-0.1, -0.05) is 48.5 Å². The predicted molar refractivity (Wildman–Crippen MR) is 106 cm³/mol. The number of benzene rings is 2. The highest BCUT2D eigenvalue weighted by Gasteiger charge is 2.27. The van der Waals surface area contributed by atoms with E-state index in [4.69, 9.17) is 4.42 Å². The van der Waals surface area contributed by atoms with Gasteiger partial charge in [0.15, 0.2) is 5.76 Å². The van der Waals surface area contributed by atoms with Crippen LogP contribution >= 0.6 is 0 Å². The van der Waals surface area contributed by atoms with Crippen molar-refractivity contribution in [3.05, 3.63) is 95.4 Å². The number of hydrogen-bond acceptors (Lipinski definition) is 3. The molecule has 2 amide bonds. The first-order valence-electron chi connectivity index (χ1n) is 9.46. The van der Waals surface area contributed by atoms with Gasteiger partial charge in [0.1, 0.15) is 0 Å². The zero-order valence-electron chi connectivity index (χ0n) is 15.6. The van der Waals surface area contributed by atoms with Gasteiger partial charge in [0, 0.05) is 31.7 Å². The summed E-state index contributed by atoms with van der Waals surface area (Å²) < 4.78 is 5.19. The van der Waals surface area contributed by atoms with E-state index in [1.165, 1.54) is 11.8 Å². The molecule has 0 saturated carbocycles. The van der Waals surface area contributed by atoms with Crippen LogP contribution in [0.5, 0.6) is 0 Å². The third-order valence-electron chi connectivity index (χ3n) is 5.07. The first kappa shape index (κ1) is 18.0. The molecule has 5 nitrogen and oxygen atoms in total. The summed E-state index contributed by atoms with van der Waals surface area (Å²) in [7, 11) is 0. The maximum absolute atomic E-state index is 13.1. The molecule has 0 bridgehead atoms. The lowest BCUT2D eigenvalue weighted by molar-refractivity contribution is 0.0517. The minimum atomic E-state index is -0.124. The van der Waals surface area contributed by atoms with Gasteiger partial charge in [-0.25, -0.2) is 0 Å². The third kappa shape index (κ3) is 3.83. The van der Waals surface area contributed by atoms with Crippen LogP contribution in [0.2, 0.25) is 0 Å². The number of amides is 2. The third-order valence-corrected chi connectivity index (χ3v) is 5.07. The summed E-state index contributed by atoms with van der Waals surface area (Å²) in [5.41, 5.74) is 2.93.